The number of rotatable bonds is 6. The lowest BCUT2D eigenvalue weighted by Gasteiger charge is -2.35. The fourth-order valence-electron chi connectivity index (χ4n) is 5.16. The highest BCUT2D eigenvalue weighted by atomic mass is 35.5. The fraction of sp³-hybridized carbons (Fsp3) is 0.258. The van der Waals surface area contributed by atoms with Crippen molar-refractivity contribution in [2.75, 3.05) is 31.1 Å². The van der Waals surface area contributed by atoms with Crippen molar-refractivity contribution in [3.63, 3.8) is 0 Å². The molecule has 6 nitrogen and oxygen atoms in total. The maximum Gasteiger partial charge on any atom is 0.169 e. The highest BCUT2D eigenvalue weighted by Gasteiger charge is 2.25. The minimum absolute atomic E-state index is 0.678. The molecule has 1 saturated heterocycles. The molecule has 1 fully saturated rings. The van der Waals surface area contributed by atoms with E-state index in [4.69, 9.17) is 26.7 Å². The quantitative estimate of drug-likeness (QED) is 0.274. The predicted octanol–water partition coefficient (Wildman–Crippen LogP) is 6.00. The first kappa shape index (κ1) is 24.6. The van der Waals surface area contributed by atoms with Crippen LogP contribution in [-0.2, 0) is 13.0 Å². The molecule has 0 aliphatic carbocycles. The highest BCUT2D eigenvalue weighted by Crippen LogP contribution is 2.30. The molecule has 7 heteroatoms. The summed E-state index contributed by atoms with van der Waals surface area (Å²) in [6.07, 6.45) is 0.678. The van der Waals surface area contributed by atoms with E-state index in [-0.39, 0.29) is 0 Å². The first-order valence-corrected chi connectivity index (χ1v) is 13.5. The number of hydrogen-bond donors (Lipinski definition) is 0. The summed E-state index contributed by atoms with van der Waals surface area (Å²) in [6, 6.07) is 27.0. The molecule has 5 aromatic rings. The van der Waals surface area contributed by atoms with Crippen LogP contribution in [0.1, 0.15) is 28.2 Å². The van der Waals surface area contributed by atoms with Crippen LogP contribution >= 0.6 is 11.6 Å². The second-order valence-corrected chi connectivity index (χ2v) is 10.5. The second-order valence-electron chi connectivity index (χ2n) is 10.1. The van der Waals surface area contributed by atoms with Gasteiger partial charge in [-0.15, -0.1) is 0 Å². The standard InChI is InChI=1S/C31H31ClN6/c1-22-11-13-24(14-12-22)20-28-33-30(29-23(2)35-38(31(29)34-28)27-9-4-3-5-10-27)37-17-15-36(16-18-37)21-25-7-6-8-26(32)19-25/h3-14,19H,15-18,20-21H2,1-2H3. The van der Waals surface area contributed by atoms with Crippen LogP contribution in [0.15, 0.2) is 78.9 Å². The zero-order valence-corrected chi connectivity index (χ0v) is 22.6. The molecule has 0 unspecified atom stereocenters. The summed E-state index contributed by atoms with van der Waals surface area (Å²) in [7, 11) is 0. The van der Waals surface area contributed by atoms with E-state index in [9.17, 15) is 0 Å². The Morgan fingerprint density at radius 1 is 0.789 bits per heavy atom. The third kappa shape index (κ3) is 5.15. The van der Waals surface area contributed by atoms with E-state index in [1.54, 1.807) is 0 Å². The third-order valence-corrected chi connectivity index (χ3v) is 7.42. The Bertz CT molecular complexity index is 1550. The molecule has 0 N–H and O–H groups in total. The Balaban J connectivity index is 1.34. The number of halogens is 1. The summed E-state index contributed by atoms with van der Waals surface area (Å²) >= 11 is 6.21. The maximum absolute atomic E-state index is 6.21. The minimum atomic E-state index is 0.678. The SMILES string of the molecule is Cc1ccc(Cc2nc(N3CCN(Cc4cccc(Cl)c4)CC3)c3c(C)nn(-c4ccccc4)c3n2)cc1. The lowest BCUT2D eigenvalue weighted by Crippen LogP contribution is -2.46. The number of fused-ring (bicyclic) bond motifs is 1. The van der Waals surface area contributed by atoms with Crippen LogP contribution in [0.4, 0.5) is 5.82 Å². The summed E-state index contributed by atoms with van der Waals surface area (Å²) in [6.45, 7) is 8.77. The largest absolute Gasteiger partial charge is 0.353 e. The van der Waals surface area contributed by atoms with Gasteiger partial charge >= 0.3 is 0 Å². The van der Waals surface area contributed by atoms with Gasteiger partial charge < -0.3 is 4.90 Å². The normalized spacial score (nSPS) is 14.3. The Hall–Kier alpha value is -3.74. The van der Waals surface area contributed by atoms with Crippen LogP contribution in [0.5, 0.6) is 0 Å². The number of para-hydroxylation sites is 1. The van der Waals surface area contributed by atoms with Crippen LogP contribution < -0.4 is 4.90 Å². The van der Waals surface area contributed by atoms with Crippen LogP contribution in [0.3, 0.4) is 0 Å². The van der Waals surface area contributed by atoms with Gasteiger partial charge in [0.2, 0.25) is 0 Å². The fourth-order valence-corrected chi connectivity index (χ4v) is 5.38. The molecular formula is C31H31ClN6. The Kier molecular flexibility index (Phi) is 6.83. The van der Waals surface area contributed by atoms with Crippen molar-refractivity contribution in [1.29, 1.82) is 0 Å². The lowest BCUT2D eigenvalue weighted by atomic mass is 10.1. The van der Waals surface area contributed by atoms with E-state index in [1.807, 2.05) is 35.0 Å². The topological polar surface area (TPSA) is 50.1 Å². The van der Waals surface area contributed by atoms with Crippen molar-refractivity contribution in [2.24, 2.45) is 0 Å². The molecule has 0 radical (unpaired) electrons. The van der Waals surface area contributed by atoms with E-state index in [0.29, 0.717) is 6.42 Å². The first-order valence-electron chi connectivity index (χ1n) is 13.1. The van der Waals surface area contributed by atoms with Crippen molar-refractivity contribution < 1.29 is 0 Å². The van der Waals surface area contributed by atoms with E-state index in [1.165, 1.54) is 16.7 Å². The van der Waals surface area contributed by atoms with E-state index in [2.05, 4.69) is 72.2 Å². The third-order valence-electron chi connectivity index (χ3n) is 7.18. The Labute approximate surface area is 228 Å². The number of aromatic nitrogens is 4. The minimum Gasteiger partial charge on any atom is -0.353 e. The summed E-state index contributed by atoms with van der Waals surface area (Å²) in [5.74, 6) is 1.80. The van der Waals surface area contributed by atoms with E-state index >= 15 is 0 Å². The molecular weight excluding hydrogens is 492 g/mol. The smallest absolute Gasteiger partial charge is 0.169 e. The van der Waals surface area contributed by atoms with Crippen LogP contribution in [-0.4, -0.2) is 50.8 Å². The molecule has 0 amide bonds. The lowest BCUT2D eigenvalue weighted by molar-refractivity contribution is 0.249. The predicted molar refractivity (Wildman–Crippen MR) is 154 cm³/mol. The zero-order valence-electron chi connectivity index (χ0n) is 21.8. The van der Waals surface area contributed by atoms with Gasteiger partial charge in [0.25, 0.3) is 0 Å². The van der Waals surface area contributed by atoms with Crippen molar-refractivity contribution in [3.8, 4) is 5.69 Å². The van der Waals surface area contributed by atoms with Gasteiger partial charge in [-0.05, 0) is 49.2 Å². The molecule has 3 aromatic carbocycles. The molecule has 192 valence electrons. The number of hydrogen-bond acceptors (Lipinski definition) is 5. The van der Waals surface area contributed by atoms with Gasteiger partial charge in [0.1, 0.15) is 11.6 Å². The van der Waals surface area contributed by atoms with Gasteiger partial charge in [-0.2, -0.15) is 5.10 Å². The monoisotopic (exact) mass is 522 g/mol. The summed E-state index contributed by atoms with van der Waals surface area (Å²) < 4.78 is 1.96. The summed E-state index contributed by atoms with van der Waals surface area (Å²) in [4.78, 5) is 15.1. The van der Waals surface area contributed by atoms with Gasteiger partial charge in [0.05, 0.1) is 16.8 Å². The van der Waals surface area contributed by atoms with Gasteiger partial charge in [-0.25, -0.2) is 14.6 Å². The van der Waals surface area contributed by atoms with Crippen molar-refractivity contribution in [3.05, 3.63) is 112 Å². The van der Waals surface area contributed by atoms with Gasteiger partial charge in [-0.1, -0.05) is 71.8 Å². The number of nitrogens with zero attached hydrogens (tertiary/aromatic N) is 6. The number of anilines is 1. The highest BCUT2D eigenvalue weighted by molar-refractivity contribution is 6.30. The number of piperazine rings is 1. The molecule has 38 heavy (non-hydrogen) atoms. The molecule has 0 atom stereocenters. The molecule has 0 bridgehead atoms. The van der Waals surface area contributed by atoms with Gasteiger partial charge in [-0.3, -0.25) is 4.90 Å². The summed E-state index contributed by atoms with van der Waals surface area (Å²) in [5, 5.41) is 6.74. The number of aryl methyl sites for hydroxylation is 2. The average molecular weight is 523 g/mol. The van der Waals surface area contributed by atoms with Crippen molar-refractivity contribution in [2.45, 2.75) is 26.8 Å². The zero-order chi connectivity index (χ0) is 26.1. The maximum atomic E-state index is 6.21. The van der Waals surface area contributed by atoms with Crippen molar-refractivity contribution in [1.82, 2.24) is 24.6 Å². The average Bonchev–Trinajstić information content (AvgIpc) is 3.27. The molecule has 1 aliphatic rings. The van der Waals surface area contributed by atoms with E-state index < -0.39 is 0 Å². The molecule has 0 spiro atoms. The van der Waals surface area contributed by atoms with E-state index in [0.717, 1.165) is 71.8 Å². The Morgan fingerprint density at radius 3 is 2.29 bits per heavy atom. The molecule has 1 aliphatic heterocycles. The van der Waals surface area contributed by atoms with Crippen LogP contribution in [0.25, 0.3) is 16.7 Å². The van der Waals surface area contributed by atoms with Crippen molar-refractivity contribution >= 4 is 28.5 Å². The molecule has 0 saturated carbocycles. The van der Waals surface area contributed by atoms with Gasteiger partial charge in [0, 0.05) is 44.2 Å². The van der Waals surface area contributed by atoms with Crippen LogP contribution in [0.2, 0.25) is 5.02 Å². The molecule has 3 heterocycles. The number of benzene rings is 3. The molecule has 6 rings (SSSR count). The van der Waals surface area contributed by atoms with Crippen LogP contribution in [0, 0.1) is 13.8 Å². The second kappa shape index (κ2) is 10.6. The summed E-state index contributed by atoms with van der Waals surface area (Å²) in [5.41, 5.74) is 6.51. The first-order chi connectivity index (χ1) is 18.5. The Morgan fingerprint density at radius 2 is 1.55 bits per heavy atom. The molecule has 2 aromatic heterocycles. The van der Waals surface area contributed by atoms with Gasteiger partial charge in [0.15, 0.2) is 5.65 Å².